The molecule has 29 heavy (non-hydrogen) atoms. The van der Waals surface area contributed by atoms with Crippen LogP contribution < -0.4 is 10.9 Å². The molecular weight excluding hydrogens is 406 g/mol. The van der Waals surface area contributed by atoms with Gasteiger partial charge < -0.3 is 5.32 Å². The van der Waals surface area contributed by atoms with Gasteiger partial charge in [-0.1, -0.05) is 41.7 Å². The fraction of sp³-hybridized carbons (Fsp3) is 0.250. The third kappa shape index (κ3) is 4.25. The van der Waals surface area contributed by atoms with Crippen molar-refractivity contribution < 1.29 is 4.79 Å². The molecule has 0 saturated heterocycles. The van der Waals surface area contributed by atoms with E-state index in [4.69, 9.17) is 0 Å². The minimum atomic E-state index is -0.211. The van der Waals surface area contributed by atoms with Crippen LogP contribution in [-0.4, -0.2) is 25.7 Å². The normalized spacial score (nSPS) is 11.1. The first-order chi connectivity index (χ1) is 14.0. The lowest BCUT2D eigenvalue weighted by Crippen LogP contribution is -2.23. The van der Waals surface area contributed by atoms with Gasteiger partial charge in [-0.2, -0.15) is 0 Å². The Labute approximate surface area is 175 Å². The second-order valence-corrected chi connectivity index (χ2v) is 8.93. The molecule has 3 aromatic heterocycles. The Morgan fingerprint density at radius 2 is 1.93 bits per heavy atom. The Balaban J connectivity index is 1.38. The Bertz CT molecular complexity index is 1230. The van der Waals surface area contributed by atoms with Gasteiger partial charge in [0.05, 0.1) is 11.7 Å². The van der Waals surface area contributed by atoms with Crippen LogP contribution in [-0.2, 0) is 17.8 Å². The molecule has 0 bridgehead atoms. The number of nitrogens with one attached hydrogen (secondary N) is 1. The molecule has 4 rings (SSSR count). The van der Waals surface area contributed by atoms with Crippen molar-refractivity contribution in [3.05, 3.63) is 68.0 Å². The van der Waals surface area contributed by atoms with Crippen LogP contribution in [0.5, 0.6) is 0 Å². The largest absolute Gasteiger partial charge is 0.300 e. The second kappa shape index (κ2) is 8.22. The van der Waals surface area contributed by atoms with Crippen molar-refractivity contribution in [2.75, 3.05) is 5.32 Å². The zero-order valence-corrected chi connectivity index (χ0v) is 17.6. The molecule has 0 radical (unpaired) electrons. The van der Waals surface area contributed by atoms with Gasteiger partial charge in [0.1, 0.15) is 9.84 Å². The number of hydrogen-bond acceptors (Lipinski definition) is 7. The average molecular weight is 426 g/mol. The zero-order valence-electron chi connectivity index (χ0n) is 16.0. The Morgan fingerprint density at radius 1 is 1.14 bits per heavy atom. The van der Waals surface area contributed by atoms with E-state index in [1.165, 1.54) is 33.6 Å². The summed E-state index contributed by atoms with van der Waals surface area (Å²) in [5.74, 6) is -0.211. The molecular formula is C20H19N5O2S2. The monoisotopic (exact) mass is 425 g/mol. The van der Waals surface area contributed by atoms with Crippen LogP contribution in [0.1, 0.15) is 27.4 Å². The summed E-state index contributed by atoms with van der Waals surface area (Å²) >= 11 is 2.87. The van der Waals surface area contributed by atoms with Crippen LogP contribution in [0.15, 0.2) is 41.5 Å². The third-order valence-corrected chi connectivity index (χ3v) is 6.60. The number of nitrogens with zero attached hydrogens (tertiary/aromatic N) is 4. The summed E-state index contributed by atoms with van der Waals surface area (Å²) in [7, 11) is 0. The summed E-state index contributed by atoms with van der Waals surface area (Å²) in [4.78, 5) is 31.2. The number of hydrogen-bond donors (Lipinski definition) is 1. The van der Waals surface area contributed by atoms with Crippen LogP contribution >= 0.6 is 22.7 Å². The summed E-state index contributed by atoms with van der Waals surface area (Å²) < 4.78 is 1.49. The maximum absolute atomic E-state index is 12.7. The fourth-order valence-corrected chi connectivity index (χ4v) is 4.76. The minimum absolute atomic E-state index is 0.106. The van der Waals surface area contributed by atoms with Crippen LogP contribution in [0, 0.1) is 13.8 Å². The smallest absolute Gasteiger partial charge is 0.262 e. The van der Waals surface area contributed by atoms with Crippen molar-refractivity contribution in [1.29, 1.82) is 0 Å². The lowest BCUT2D eigenvalue weighted by atomic mass is 10.2. The molecule has 148 valence electrons. The molecule has 1 amide bonds. The Kier molecular flexibility index (Phi) is 5.50. The SMILES string of the molecule is Cc1sc2ncn(CCC(=O)Nc3nnc(Cc4ccccc4)s3)c(=O)c2c1C. The quantitative estimate of drug-likeness (QED) is 0.510. The Morgan fingerprint density at radius 3 is 2.72 bits per heavy atom. The van der Waals surface area contributed by atoms with Crippen molar-refractivity contribution in [2.24, 2.45) is 0 Å². The standard InChI is InChI=1S/C20H19N5O2S2/c1-12-13(2)28-18-17(12)19(27)25(11-21-18)9-8-15(26)22-20-24-23-16(29-20)10-14-6-4-3-5-7-14/h3-7,11H,8-10H2,1-2H3,(H,22,24,26). The van der Waals surface area contributed by atoms with E-state index in [-0.39, 0.29) is 24.4 Å². The lowest BCUT2D eigenvalue weighted by molar-refractivity contribution is -0.116. The summed E-state index contributed by atoms with van der Waals surface area (Å²) in [6.07, 6.45) is 2.34. The number of anilines is 1. The first-order valence-corrected chi connectivity index (χ1v) is 10.8. The van der Waals surface area contributed by atoms with Gasteiger partial charge >= 0.3 is 0 Å². The van der Waals surface area contributed by atoms with Crippen molar-refractivity contribution in [3.8, 4) is 0 Å². The van der Waals surface area contributed by atoms with Gasteiger partial charge in [0.25, 0.3) is 5.56 Å². The number of rotatable bonds is 6. The fourth-order valence-electron chi connectivity index (χ4n) is 2.98. The summed E-state index contributed by atoms with van der Waals surface area (Å²) in [6.45, 7) is 4.17. The number of fused-ring (bicyclic) bond motifs is 1. The van der Waals surface area contributed by atoms with Crippen molar-refractivity contribution in [3.63, 3.8) is 0 Å². The highest BCUT2D eigenvalue weighted by atomic mass is 32.1. The van der Waals surface area contributed by atoms with Crippen molar-refractivity contribution >= 4 is 43.9 Å². The molecule has 0 atom stereocenters. The molecule has 0 aliphatic carbocycles. The highest BCUT2D eigenvalue weighted by Gasteiger charge is 2.13. The molecule has 9 heteroatoms. The van der Waals surface area contributed by atoms with Gasteiger partial charge in [-0.05, 0) is 25.0 Å². The van der Waals surface area contributed by atoms with Crippen molar-refractivity contribution in [1.82, 2.24) is 19.7 Å². The molecule has 0 fully saturated rings. The number of amides is 1. The van der Waals surface area contributed by atoms with Gasteiger partial charge in [-0.3, -0.25) is 14.2 Å². The maximum Gasteiger partial charge on any atom is 0.262 e. The van der Waals surface area contributed by atoms with Gasteiger partial charge in [-0.25, -0.2) is 4.98 Å². The third-order valence-electron chi connectivity index (χ3n) is 4.65. The van der Waals surface area contributed by atoms with Crippen LogP contribution in [0.4, 0.5) is 5.13 Å². The highest BCUT2D eigenvalue weighted by molar-refractivity contribution is 7.18. The van der Waals surface area contributed by atoms with Crippen LogP contribution in [0.25, 0.3) is 10.2 Å². The Hall–Kier alpha value is -2.91. The maximum atomic E-state index is 12.7. The molecule has 0 unspecified atom stereocenters. The predicted molar refractivity (Wildman–Crippen MR) is 116 cm³/mol. The van der Waals surface area contributed by atoms with Crippen molar-refractivity contribution in [2.45, 2.75) is 33.2 Å². The van der Waals surface area contributed by atoms with Crippen LogP contribution in [0.3, 0.4) is 0 Å². The second-order valence-electron chi connectivity index (χ2n) is 6.67. The van der Waals surface area contributed by atoms with Gasteiger partial charge in [0, 0.05) is 24.3 Å². The first-order valence-electron chi connectivity index (χ1n) is 9.12. The van der Waals surface area contributed by atoms with Gasteiger partial charge in [-0.15, -0.1) is 21.5 Å². The van der Waals surface area contributed by atoms with Gasteiger partial charge in [0.2, 0.25) is 11.0 Å². The van der Waals surface area contributed by atoms with E-state index >= 15 is 0 Å². The number of carbonyl (C=O) groups is 1. The minimum Gasteiger partial charge on any atom is -0.300 e. The molecule has 0 aliphatic rings. The molecule has 3 heterocycles. The predicted octanol–water partition coefficient (Wildman–Crippen LogP) is 3.55. The molecule has 4 aromatic rings. The van der Waals surface area contributed by atoms with E-state index in [0.29, 0.717) is 16.9 Å². The summed E-state index contributed by atoms with van der Waals surface area (Å²) in [5, 5.41) is 12.9. The molecule has 7 nitrogen and oxygen atoms in total. The summed E-state index contributed by atoms with van der Waals surface area (Å²) in [6, 6.07) is 9.98. The lowest BCUT2D eigenvalue weighted by Gasteiger charge is -2.05. The number of carbonyl (C=O) groups excluding carboxylic acids is 1. The molecule has 1 aromatic carbocycles. The van der Waals surface area contributed by atoms with E-state index in [1.807, 2.05) is 44.2 Å². The molecule has 0 saturated carbocycles. The van der Waals surface area contributed by atoms with E-state index in [0.717, 1.165) is 25.8 Å². The average Bonchev–Trinajstić information content (AvgIpc) is 3.26. The van der Waals surface area contributed by atoms with Gasteiger partial charge in [0.15, 0.2) is 0 Å². The number of benzene rings is 1. The first kappa shape index (κ1) is 19.4. The molecule has 0 aliphatic heterocycles. The highest BCUT2D eigenvalue weighted by Crippen LogP contribution is 2.25. The number of aryl methyl sites for hydroxylation is 3. The topological polar surface area (TPSA) is 89.8 Å². The van der Waals surface area contributed by atoms with E-state index in [2.05, 4.69) is 20.5 Å². The van der Waals surface area contributed by atoms with Crippen LogP contribution in [0.2, 0.25) is 0 Å². The number of thiophene rings is 1. The summed E-state index contributed by atoms with van der Waals surface area (Å²) in [5.41, 5.74) is 1.99. The van der Waals surface area contributed by atoms with E-state index in [1.54, 1.807) is 0 Å². The molecule has 0 spiro atoms. The zero-order chi connectivity index (χ0) is 20.4. The molecule has 1 N–H and O–H groups in total. The van der Waals surface area contributed by atoms with E-state index in [9.17, 15) is 9.59 Å². The van der Waals surface area contributed by atoms with E-state index < -0.39 is 0 Å². The number of aromatic nitrogens is 4.